The lowest BCUT2D eigenvalue weighted by Gasteiger charge is -2.00. The first-order chi connectivity index (χ1) is 10.6. The highest BCUT2D eigenvalue weighted by Crippen LogP contribution is 2.32. The van der Waals surface area contributed by atoms with Crippen LogP contribution in [0.15, 0.2) is 29.3 Å². The predicted octanol–water partition coefficient (Wildman–Crippen LogP) is 1.90. The molecule has 112 valence electrons. The lowest BCUT2D eigenvalue weighted by molar-refractivity contribution is 0.199. The molecule has 0 saturated heterocycles. The normalized spacial score (nSPS) is 10.6. The van der Waals surface area contributed by atoms with Gasteiger partial charge in [-0.15, -0.1) is 11.3 Å². The maximum absolute atomic E-state index is 13.8. The minimum absolute atomic E-state index is 0.226. The number of pyridine rings is 1. The van der Waals surface area contributed by atoms with Gasteiger partial charge >= 0.3 is 12.1 Å². The van der Waals surface area contributed by atoms with Gasteiger partial charge < -0.3 is 10.1 Å². The lowest BCUT2D eigenvalue weighted by atomic mass is 10.2. The molecule has 0 fully saturated rings. The molecule has 1 amide bonds. The van der Waals surface area contributed by atoms with Crippen molar-refractivity contribution in [3.05, 3.63) is 40.7 Å². The van der Waals surface area contributed by atoms with Crippen molar-refractivity contribution >= 4 is 27.6 Å². The molecule has 0 spiro atoms. The summed E-state index contributed by atoms with van der Waals surface area (Å²) in [5, 5.41) is 2.24. The number of fused-ring (bicyclic) bond motifs is 1. The lowest BCUT2D eigenvalue weighted by Crippen LogP contribution is -2.24. The van der Waals surface area contributed by atoms with Crippen LogP contribution >= 0.6 is 11.3 Å². The number of ether oxygens (including phenoxy) is 1. The third kappa shape index (κ3) is 2.53. The van der Waals surface area contributed by atoms with E-state index in [1.807, 2.05) is 0 Å². The number of rotatable bonds is 2. The summed E-state index contributed by atoms with van der Waals surface area (Å²) in [5.74, 6) is -0.493. The van der Waals surface area contributed by atoms with E-state index < -0.39 is 17.5 Å². The average molecular weight is 320 g/mol. The maximum Gasteiger partial charge on any atom is 0.414 e. The van der Waals surface area contributed by atoms with Gasteiger partial charge in [-0.2, -0.15) is 4.98 Å². The molecule has 22 heavy (non-hydrogen) atoms. The van der Waals surface area contributed by atoms with Gasteiger partial charge in [-0.05, 0) is 12.1 Å². The molecule has 0 atom stereocenters. The maximum atomic E-state index is 13.8. The molecule has 9 heteroatoms. The molecule has 0 aliphatic rings. The summed E-state index contributed by atoms with van der Waals surface area (Å²) < 4.78 is 18.9. The Balaban J connectivity index is 2.10. The number of H-pyrrole nitrogens is 1. The van der Waals surface area contributed by atoms with Gasteiger partial charge in [0.1, 0.15) is 10.5 Å². The van der Waals surface area contributed by atoms with Crippen LogP contribution in [0.25, 0.3) is 20.7 Å². The van der Waals surface area contributed by atoms with Crippen molar-refractivity contribution in [1.29, 1.82) is 0 Å². The van der Waals surface area contributed by atoms with Gasteiger partial charge in [0.25, 0.3) is 5.56 Å². The molecule has 3 heterocycles. The quantitative estimate of drug-likeness (QED) is 0.751. The number of hydrogen-bond donors (Lipinski definition) is 2. The Labute approximate surface area is 126 Å². The standard InChI is InChI=1S/C13H9FN4O3S/c1-15-13(20)21-12-17-8-4-9(22-10(8)11(19)18-12)6-2-3-16-5-7(6)14/h2-5H,1H3,(H,15,20)(H,17,18,19). The Morgan fingerprint density at radius 2 is 2.32 bits per heavy atom. The van der Waals surface area contributed by atoms with Crippen molar-refractivity contribution in [2.45, 2.75) is 0 Å². The van der Waals surface area contributed by atoms with Crippen LogP contribution in [0.3, 0.4) is 0 Å². The average Bonchev–Trinajstić information content (AvgIpc) is 2.92. The van der Waals surface area contributed by atoms with E-state index >= 15 is 0 Å². The number of carbonyl (C=O) groups is 1. The van der Waals surface area contributed by atoms with E-state index in [1.54, 1.807) is 6.07 Å². The summed E-state index contributed by atoms with van der Waals surface area (Å²) in [6, 6.07) is 2.84. The van der Waals surface area contributed by atoms with E-state index in [2.05, 4.69) is 20.3 Å². The highest BCUT2D eigenvalue weighted by molar-refractivity contribution is 7.22. The van der Waals surface area contributed by atoms with Crippen LogP contribution in [-0.4, -0.2) is 28.1 Å². The van der Waals surface area contributed by atoms with Crippen LogP contribution in [0.2, 0.25) is 0 Å². The number of nitrogens with zero attached hydrogens (tertiary/aromatic N) is 2. The van der Waals surface area contributed by atoms with E-state index in [9.17, 15) is 14.0 Å². The van der Waals surface area contributed by atoms with Crippen LogP contribution in [0, 0.1) is 5.82 Å². The smallest absolute Gasteiger partial charge is 0.375 e. The molecule has 2 N–H and O–H groups in total. The zero-order valence-electron chi connectivity index (χ0n) is 11.2. The van der Waals surface area contributed by atoms with Crippen molar-refractivity contribution in [3.8, 4) is 16.5 Å². The molecule has 0 aliphatic carbocycles. The Hall–Kier alpha value is -2.81. The molecule has 0 bridgehead atoms. The van der Waals surface area contributed by atoms with Crippen molar-refractivity contribution < 1.29 is 13.9 Å². The Morgan fingerprint density at radius 1 is 1.50 bits per heavy atom. The monoisotopic (exact) mass is 320 g/mol. The number of aromatic nitrogens is 3. The van der Waals surface area contributed by atoms with E-state index in [-0.39, 0.29) is 6.01 Å². The first kappa shape index (κ1) is 14.1. The Bertz CT molecular complexity index is 921. The molecule has 0 aliphatic heterocycles. The molecule has 3 aromatic heterocycles. The fraction of sp³-hybridized carbons (Fsp3) is 0.0769. The number of aromatic amines is 1. The first-order valence-electron chi connectivity index (χ1n) is 6.12. The fourth-order valence-corrected chi connectivity index (χ4v) is 2.83. The summed E-state index contributed by atoms with van der Waals surface area (Å²) >= 11 is 1.09. The molecule has 0 aromatic carbocycles. The molecule has 0 radical (unpaired) electrons. The third-order valence-electron chi connectivity index (χ3n) is 2.79. The van der Waals surface area contributed by atoms with Crippen molar-refractivity contribution in [3.63, 3.8) is 0 Å². The van der Waals surface area contributed by atoms with Gasteiger partial charge in [0, 0.05) is 23.7 Å². The number of thiophene rings is 1. The fourth-order valence-electron chi connectivity index (χ4n) is 1.81. The second kappa shape index (κ2) is 5.53. The van der Waals surface area contributed by atoms with Gasteiger partial charge in [0.15, 0.2) is 0 Å². The second-order valence-electron chi connectivity index (χ2n) is 4.19. The van der Waals surface area contributed by atoms with E-state index in [1.165, 1.54) is 19.3 Å². The minimum Gasteiger partial charge on any atom is -0.375 e. The molecular formula is C13H9FN4O3S. The zero-order valence-corrected chi connectivity index (χ0v) is 12.0. The molecule has 7 nitrogen and oxygen atoms in total. The Kier molecular flexibility index (Phi) is 3.55. The highest BCUT2D eigenvalue weighted by Gasteiger charge is 2.14. The number of hydrogen-bond acceptors (Lipinski definition) is 6. The SMILES string of the molecule is CNC(=O)Oc1nc2cc(-c3ccncc3F)sc2c(=O)[nH]1. The van der Waals surface area contributed by atoms with Crippen molar-refractivity contribution in [2.24, 2.45) is 0 Å². The summed E-state index contributed by atoms with van der Waals surface area (Å²) in [7, 11) is 1.38. The van der Waals surface area contributed by atoms with Crippen LogP contribution in [0.1, 0.15) is 0 Å². The molecule has 0 unspecified atom stereocenters. The van der Waals surface area contributed by atoms with Gasteiger partial charge in [-0.3, -0.25) is 14.8 Å². The van der Waals surface area contributed by atoms with E-state index in [0.717, 1.165) is 17.5 Å². The van der Waals surface area contributed by atoms with Crippen molar-refractivity contribution in [2.75, 3.05) is 7.05 Å². The van der Waals surface area contributed by atoms with Gasteiger partial charge in [-0.1, -0.05) is 0 Å². The van der Waals surface area contributed by atoms with Gasteiger partial charge in [0.2, 0.25) is 0 Å². The Morgan fingerprint density at radius 3 is 3.05 bits per heavy atom. The van der Waals surface area contributed by atoms with Gasteiger partial charge in [-0.25, -0.2) is 9.18 Å². The molecule has 0 saturated carbocycles. The number of amides is 1. The zero-order chi connectivity index (χ0) is 15.7. The van der Waals surface area contributed by atoms with Gasteiger partial charge in [0.05, 0.1) is 11.7 Å². The minimum atomic E-state index is -0.752. The molecular weight excluding hydrogens is 311 g/mol. The van der Waals surface area contributed by atoms with Crippen LogP contribution in [0.5, 0.6) is 6.01 Å². The highest BCUT2D eigenvalue weighted by atomic mass is 32.1. The number of halogens is 1. The van der Waals surface area contributed by atoms with Crippen LogP contribution in [-0.2, 0) is 0 Å². The van der Waals surface area contributed by atoms with Crippen LogP contribution < -0.4 is 15.6 Å². The first-order valence-corrected chi connectivity index (χ1v) is 6.93. The number of nitrogens with one attached hydrogen (secondary N) is 2. The topological polar surface area (TPSA) is 97.0 Å². The van der Waals surface area contributed by atoms with E-state index in [0.29, 0.717) is 20.7 Å². The summed E-state index contributed by atoms with van der Waals surface area (Å²) in [4.78, 5) is 33.7. The van der Waals surface area contributed by atoms with E-state index in [4.69, 9.17) is 4.74 Å². The predicted molar refractivity (Wildman–Crippen MR) is 78.5 cm³/mol. The molecule has 3 aromatic rings. The molecule has 3 rings (SSSR count). The van der Waals surface area contributed by atoms with Crippen LogP contribution in [0.4, 0.5) is 9.18 Å². The second-order valence-corrected chi connectivity index (χ2v) is 5.24. The summed E-state index contributed by atoms with van der Waals surface area (Å²) in [5.41, 5.74) is 0.180. The largest absolute Gasteiger partial charge is 0.414 e. The third-order valence-corrected chi connectivity index (χ3v) is 3.95. The summed E-state index contributed by atoms with van der Waals surface area (Å²) in [6.45, 7) is 0. The number of carbonyl (C=O) groups excluding carboxylic acids is 1. The van der Waals surface area contributed by atoms with Crippen molar-refractivity contribution in [1.82, 2.24) is 20.3 Å². The summed E-state index contributed by atoms with van der Waals surface area (Å²) in [6.07, 6.45) is 1.80.